The van der Waals surface area contributed by atoms with E-state index in [2.05, 4.69) is 5.32 Å². The van der Waals surface area contributed by atoms with Gasteiger partial charge in [-0.3, -0.25) is 9.59 Å². The Morgan fingerprint density at radius 3 is 2.69 bits per heavy atom. The first-order chi connectivity index (χ1) is 12.6. The third-order valence-corrected chi connectivity index (χ3v) is 4.38. The van der Waals surface area contributed by atoms with Gasteiger partial charge >= 0.3 is 0 Å². The minimum atomic E-state index is -0.486. The highest BCUT2D eigenvalue weighted by atomic mass is 16.5. The van der Waals surface area contributed by atoms with E-state index in [-0.39, 0.29) is 11.8 Å². The number of amides is 2. The average Bonchev–Trinajstić information content (AvgIpc) is 2.65. The molecular weight excluding hydrogens is 328 g/mol. The highest BCUT2D eigenvalue weighted by Crippen LogP contribution is 2.36. The molecule has 5 heteroatoms. The van der Waals surface area contributed by atoms with E-state index in [0.29, 0.717) is 30.8 Å². The van der Waals surface area contributed by atoms with Crippen molar-refractivity contribution in [3.63, 3.8) is 0 Å². The van der Waals surface area contributed by atoms with E-state index in [1.54, 1.807) is 11.8 Å². The van der Waals surface area contributed by atoms with E-state index in [1.165, 1.54) is 0 Å². The van der Waals surface area contributed by atoms with E-state index in [1.807, 2.05) is 55.5 Å². The van der Waals surface area contributed by atoms with Gasteiger partial charge in [0.15, 0.2) is 6.10 Å². The summed E-state index contributed by atoms with van der Waals surface area (Å²) in [5, 5.41) is 2.92. The summed E-state index contributed by atoms with van der Waals surface area (Å²) in [6, 6.07) is 15.4. The Balaban J connectivity index is 1.69. The molecule has 1 N–H and O–H groups in total. The number of hydrogen-bond donors (Lipinski definition) is 1. The van der Waals surface area contributed by atoms with Crippen molar-refractivity contribution in [2.45, 2.75) is 39.2 Å². The zero-order chi connectivity index (χ0) is 18.5. The van der Waals surface area contributed by atoms with Crippen LogP contribution in [0.2, 0.25) is 0 Å². The van der Waals surface area contributed by atoms with Crippen molar-refractivity contribution in [2.24, 2.45) is 0 Å². The van der Waals surface area contributed by atoms with E-state index in [9.17, 15) is 9.59 Å². The minimum absolute atomic E-state index is 0.0488. The number of fused-ring (bicyclic) bond motifs is 1. The molecule has 5 nitrogen and oxygen atoms in total. The SMILES string of the molecule is CCCN1C(=O)C(C)Oc2ccc(NC(=O)CCc3ccccc3)cc21. The summed E-state index contributed by atoms with van der Waals surface area (Å²) < 4.78 is 5.68. The van der Waals surface area contributed by atoms with Gasteiger partial charge in [-0.2, -0.15) is 0 Å². The maximum atomic E-state index is 12.4. The molecule has 0 saturated heterocycles. The first-order valence-electron chi connectivity index (χ1n) is 9.04. The molecule has 0 fully saturated rings. The van der Waals surface area contributed by atoms with E-state index in [0.717, 1.165) is 17.7 Å². The molecule has 1 heterocycles. The van der Waals surface area contributed by atoms with Crippen molar-refractivity contribution in [3.8, 4) is 5.75 Å². The molecule has 3 rings (SSSR count). The lowest BCUT2D eigenvalue weighted by Gasteiger charge is -2.33. The van der Waals surface area contributed by atoms with Crippen LogP contribution in [-0.4, -0.2) is 24.5 Å². The van der Waals surface area contributed by atoms with Gasteiger partial charge in [0.25, 0.3) is 5.91 Å². The van der Waals surface area contributed by atoms with Crippen LogP contribution in [0.3, 0.4) is 0 Å². The lowest BCUT2D eigenvalue weighted by atomic mass is 10.1. The molecule has 26 heavy (non-hydrogen) atoms. The van der Waals surface area contributed by atoms with Gasteiger partial charge in [-0.05, 0) is 43.5 Å². The Kier molecular flexibility index (Phi) is 5.56. The van der Waals surface area contributed by atoms with Gasteiger partial charge in [0.05, 0.1) is 5.69 Å². The van der Waals surface area contributed by atoms with Crippen molar-refractivity contribution < 1.29 is 14.3 Å². The predicted molar refractivity (Wildman–Crippen MR) is 103 cm³/mol. The summed E-state index contributed by atoms with van der Waals surface area (Å²) in [6.07, 6.45) is 1.47. The second-order valence-corrected chi connectivity index (χ2v) is 6.47. The number of rotatable bonds is 6. The molecule has 1 aliphatic rings. The number of nitrogens with one attached hydrogen (secondary N) is 1. The summed E-state index contributed by atoms with van der Waals surface area (Å²) >= 11 is 0. The molecule has 1 aliphatic heterocycles. The second kappa shape index (κ2) is 8.04. The fourth-order valence-corrected chi connectivity index (χ4v) is 3.07. The Morgan fingerprint density at radius 2 is 1.96 bits per heavy atom. The number of anilines is 2. The molecule has 2 aromatic rings. The van der Waals surface area contributed by atoms with Crippen LogP contribution in [0.15, 0.2) is 48.5 Å². The quantitative estimate of drug-likeness (QED) is 0.861. The van der Waals surface area contributed by atoms with Crippen LogP contribution in [0.1, 0.15) is 32.3 Å². The van der Waals surface area contributed by atoms with Crippen LogP contribution in [0.25, 0.3) is 0 Å². The largest absolute Gasteiger partial charge is 0.479 e. The van der Waals surface area contributed by atoms with E-state index in [4.69, 9.17) is 4.74 Å². The number of ether oxygens (including phenoxy) is 1. The zero-order valence-electron chi connectivity index (χ0n) is 15.2. The number of benzene rings is 2. The summed E-state index contributed by atoms with van der Waals surface area (Å²) in [6.45, 7) is 4.42. The Bertz CT molecular complexity index is 789. The number of nitrogens with zero attached hydrogens (tertiary/aromatic N) is 1. The fourth-order valence-electron chi connectivity index (χ4n) is 3.07. The highest BCUT2D eigenvalue weighted by molar-refractivity contribution is 6.01. The molecule has 0 spiro atoms. The molecule has 2 aromatic carbocycles. The number of carbonyl (C=O) groups is 2. The molecule has 136 valence electrons. The third-order valence-electron chi connectivity index (χ3n) is 4.38. The first kappa shape index (κ1) is 18.0. The number of carbonyl (C=O) groups excluding carboxylic acids is 2. The average molecular weight is 352 g/mol. The van der Waals surface area contributed by atoms with Crippen molar-refractivity contribution in [2.75, 3.05) is 16.8 Å². The smallest absolute Gasteiger partial charge is 0.267 e. The monoisotopic (exact) mass is 352 g/mol. The molecule has 0 bridgehead atoms. The third kappa shape index (κ3) is 4.04. The van der Waals surface area contributed by atoms with Crippen LogP contribution in [-0.2, 0) is 16.0 Å². The number of hydrogen-bond acceptors (Lipinski definition) is 3. The Morgan fingerprint density at radius 1 is 1.19 bits per heavy atom. The van der Waals surface area contributed by atoms with Crippen molar-refractivity contribution in [1.29, 1.82) is 0 Å². The van der Waals surface area contributed by atoms with Crippen LogP contribution in [0, 0.1) is 0 Å². The van der Waals surface area contributed by atoms with E-state index >= 15 is 0 Å². The predicted octanol–water partition coefficient (Wildman–Crippen LogP) is 3.78. The van der Waals surface area contributed by atoms with E-state index < -0.39 is 6.10 Å². The zero-order valence-corrected chi connectivity index (χ0v) is 15.2. The van der Waals surface area contributed by atoms with Gasteiger partial charge < -0.3 is 15.0 Å². The fraction of sp³-hybridized carbons (Fsp3) is 0.333. The first-order valence-corrected chi connectivity index (χ1v) is 9.04. The number of aryl methyl sites for hydroxylation is 1. The standard InChI is InChI=1S/C21H24N2O3/c1-3-13-23-18-14-17(10-11-19(18)26-15(2)21(23)25)22-20(24)12-9-16-7-5-4-6-8-16/h4-8,10-11,14-15H,3,9,12-13H2,1-2H3,(H,22,24). The summed E-state index contributed by atoms with van der Waals surface area (Å²) in [4.78, 5) is 26.4. The van der Waals surface area contributed by atoms with Gasteiger partial charge in [-0.25, -0.2) is 0 Å². The van der Waals surface area contributed by atoms with Gasteiger partial charge in [0, 0.05) is 18.7 Å². The summed E-state index contributed by atoms with van der Waals surface area (Å²) in [5.74, 6) is 0.576. The topological polar surface area (TPSA) is 58.6 Å². The minimum Gasteiger partial charge on any atom is -0.479 e. The molecule has 1 unspecified atom stereocenters. The molecule has 2 amide bonds. The summed E-state index contributed by atoms with van der Waals surface area (Å²) in [7, 11) is 0. The lowest BCUT2D eigenvalue weighted by Crippen LogP contribution is -2.44. The molecule has 0 aromatic heterocycles. The van der Waals surface area contributed by atoms with Crippen LogP contribution < -0.4 is 15.0 Å². The lowest BCUT2D eigenvalue weighted by molar-refractivity contribution is -0.125. The molecule has 1 atom stereocenters. The molecular formula is C21H24N2O3. The van der Waals surface area contributed by atoms with Crippen molar-refractivity contribution in [1.82, 2.24) is 0 Å². The maximum Gasteiger partial charge on any atom is 0.267 e. The van der Waals surface area contributed by atoms with Crippen molar-refractivity contribution >= 4 is 23.2 Å². The summed E-state index contributed by atoms with van der Waals surface area (Å²) in [5.41, 5.74) is 2.53. The van der Waals surface area contributed by atoms with Crippen LogP contribution >= 0.6 is 0 Å². The van der Waals surface area contributed by atoms with Crippen LogP contribution in [0.5, 0.6) is 5.75 Å². The van der Waals surface area contributed by atoms with Gasteiger partial charge in [0.1, 0.15) is 5.75 Å². The van der Waals surface area contributed by atoms with Crippen LogP contribution in [0.4, 0.5) is 11.4 Å². The maximum absolute atomic E-state index is 12.4. The van der Waals surface area contributed by atoms with Gasteiger partial charge in [-0.1, -0.05) is 37.3 Å². The second-order valence-electron chi connectivity index (χ2n) is 6.47. The molecule has 0 aliphatic carbocycles. The van der Waals surface area contributed by atoms with Crippen molar-refractivity contribution in [3.05, 3.63) is 54.1 Å². The van der Waals surface area contributed by atoms with Gasteiger partial charge in [0.2, 0.25) is 5.91 Å². The Hall–Kier alpha value is -2.82. The highest BCUT2D eigenvalue weighted by Gasteiger charge is 2.31. The molecule has 0 saturated carbocycles. The van der Waals surface area contributed by atoms with Gasteiger partial charge in [-0.15, -0.1) is 0 Å². The Labute approximate surface area is 154 Å². The normalized spacial score (nSPS) is 16.0. The molecule has 0 radical (unpaired) electrons.